The summed E-state index contributed by atoms with van der Waals surface area (Å²) in [6.45, 7) is 0. The van der Waals surface area contributed by atoms with Gasteiger partial charge in [-0.05, 0) is 11.6 Å². The van der Waals surface area contributed by atoms with Crippen molar-refractivity contribution in [2.24, 2.45) is 5.92 Å². The Balaban J connectivity index is 2.96. The third-order valence-corrected chi connectivity index (χ3v) is 2.08. The Hall–Kier alpha value is -2.23. The molecule has 0 amide bonds. The number of nitriles is 1. The van der Waals surface area contributed by atoms with Gasteiger partial charge in [0.25, 0.3) is 0 Å². The van der Waals surface area contributed by atoms with Crippen LogP contribution in [0.1, 0.15) is 5.56 Å². The topological polar surface area (TPSA) is 70.3 Å². The van der Waals surface area contributed by atoms with Crippen LogP contribution in [0.25, 0.3) is 0 Å². The van der Waals surface area contributed by atoms with Gasteiger partial charge < -0.3 is 9.84 Å². The van der Waals surface area contributed by atoms with E-state index in [1.165, 1.54) is 24.3 Å². The highest BCUT2D eigenvalue weighted by molar-refractivity contribution is 5.73. The molecule has 0 bridgehead atoms. The molecular formula is C11H8F3NO3. The molecule has 18 heavy (non-hydrogen) atoms. The van der Waals surface area contributed by atoms with E-state index in [0.717, 1.165) is 6.07 Å². The van der Waals surface area contributed by atoms with Crippen molar-refractivity contribution in [2.45, 2.75) is 12.8 Å². The molecule has 1 aromatic carbocycles. The van der Waals surface area contributed by atoms with Crippen LogP contribution in [0.2, 0.25) is 0 Å². The number of carboxylic acid groups (broad SMARTS) is 1. The molecule has 0 saturated heterocycles. The lowest BCUT2D eigenvalue weighted by Crippen LogP contribution is -2.20. The average molecular weight is 259 g/mol. The highest BCUT2D eigenvalue weighted by Gasteiger charge is 2.32. The van der Waals surface area contributed by atoms with E-state index in [4.69, 9.17) is 10.4 Å². The molecule has 0 aliphatic heterocycles. The number of benzene rings is 1. The van der Waals surface area contributed by atoms with Crippen molar-refractivity contribution in [3.05, 3.63) is 29.8 Å². The lowest BCUT2D eigenvalue weighted by Gasteiger charge is -2.13. The van der Waals surface area contributed by atoms with E-state index < -0.39 is 24.0 Å². The molecule has 1 rings (SSSR count). The lowest BCUT2D eigenvalue weighted by atomic mass is 10.0. The summed E-state index contributed by atoms with van der Waals surface area (Å²) < 4.78 is 40.0. The molecule has 0 aliphatic rings. The molecule has 0 unspecified atom stereocenters. The first kappa shape index (κ1) is 13.8. The van der Waals surface area contributed by atoms with Crippen LogP contribution < -0.4 is 4.74 Å². The zero-order valence-corrected chi connectivity index (χ0v) is 8.94. The fourth-order valence-corrected chi connectivity index (χ4v) is 1.30. The SMILES string of the molecule is N#C[C@@H](Cc1ccccc1OC(F)(F)F)C(=O)O. The first-order chi connectivity index (χ1) is 8.33. The Kier molecular flexibility index (Phi) is 4.15. The van der Waals surface area contributed by atoms with Gasteiger partial charge in [-0.15, -0.1) is 13.2 Å². The number of hydrogen-bond acceptors (Lipinski definition) is 3. The molecule has 7 heteroatoms. The van der Waals surface area contributed by atoms with E-state index in [0.29, 0.717) is 0 Å². The average Bonchev–Trinajstić information content (AvgIpc) is 2.25. The third kappa shape index (κ3) is 3.97. The molecule has 0 aromatic heterocycles. The van der Waals surface area contributed by atoms with E-state index >= 15 is 0 Å². The smallest absolute Gasteiger partial charge is 0.480 e. The second-order valence-corrected chi connectivity index (χ2v) is 3.38. The fraction of sp³-hybridized carbons (Fsp3) is 0.273. The number of aliphatic carboxylic acids is 1. The van der Waals surface area contributed by atoms with Gasteiger partial charge in [-0.2, -0.15) is 5.26 Å². The highest BCUT2D eigenvalue weighted by atomic mass is 19.4. The summed E-state index contributed by atoms with van der Waals surface area (Å²) in [4.78, 5) is 10.6. The molecule has 0 aliphatic carbocycles. The summed E-state index contributed by atoms with van der Waals surface area (Å²) in [5.74, 6) is -3.30. The lowest BCUT2D eigenvalue weighted by molar-refractivity contribution is -0.274. The first-order valence-electron chi connectivity index (χ1n) is 4.79. The normalized spacial score (nSPS) is 12.6. The number of halogens is 3. The Morgan fingerprint density at radius 2 is 2.06 bits per heavy atom. The van der Waals surface area contributed by atoms with Gasteiger partial charge in [0.2, 0.25) is 0 Å². The summed E-state index contributed by atoms with van der Waals surface area (Å²) in [5, 5.41) is 17.3. The van der Waals surface area contributed by atoms with E-state index in [1.54, 1.807) is 0 Å². The predicted molar refractivity (Wildman–Crippen MR) is 53.6 cm³/mol. The van der Waals surface area contributed by atoms with Gasteiger partial charge in [-0.3, -0.25) is 4.79 Å². The highest BCUT2D eigenvalue weighted by Crippen LogP contribution is 2.27. The Morgan fingerprint density at radius 3 is 2.56 bits per heavy atom. The Labute approximate surface area is 100 Å². The van der Waals surface area contributed by atoms with Gasteiger partial charge in [0.1, 0.15) is 11.7 Å². The molecule has 1 N–H and O–H groups in total. The minimum Gasteiger partial charge on any atom is -0.480 e. The number of ether oxygens (including phenoxy) is 1. The summed E-state index contributed by atoms with van der Waals surface area (Å²) in [6.07, 6.45) is -5.21. The molecule has 0 radical (unpaired) electrons. The number of para-hydroxylation sites is 1. The Morgan fingerprint density at radius 1 is 1.44 bits per heavy atom. The van der Waals surface area contributed by atoms with Crippen LogP contribution in [0.4, 0.5) is 13.2 Å². The van der Waals surface area contributed by atoms with Crippen molar-refractivity contribution in [1.29, 1.82) is 5.26 Å². The maximum Gasteiger partial charge on any atom is 0.573 e. The fourth-order valence-electron chi connectivity index (χ4n) is 1.30. The predicted octanol–water partition coefficient (Wildman–Crippen LogP) is 2.35. The van der Waals surface area contributed by atoms with Crippen molar-refractivity contribution in [3.63, 3.8) is 0 Å². The molecule has 0 spiro atoms. The van der Waals surface area contributed by atoms with Crippen LogP contribution in [0, 0.1) is 17.2 Å². The van der Waals surface area contributed by atoms with Crippen LogP contribution in [-0.4, -0.2) is 17.4 Å². The second kappa shape index (κ2) is 5.40. The van der Waals surface area contributed by atoms with E-state index in [-0.39, 0.29) is 12.0 Å². The number of alkyl halides is 3. The van der Waals surface area contributed by atoms with Crippen molar-refractivity contribution in [1.82, 2.24) is 0 Å². The van der Waals surface area contributed by atoms with Crippen LogP contribution in [0.15, 0.2) is 24.3 Å². The number of hydrogen-bond donors (Lipinski definition) is 1. The van der Waals surface area contributed by atoms with Crippen molar-refractivity contribution in [2.75, 3.05) is 0 Å². The molecule has 0 fully saturated rings. The quantitative estimate of drug-likeness (QED) is 0.900. The van der Waals surface area contributed by atoms with Crippen LogP contribution in [0.3, 0.4) is 0 Å². The van der Waals surface area contributed by atoms with Gasteiger partial charge in [0.05, 0.1) is 6.07 Å². The van der Waals surface area contributed by atoms with Gasteiger partial charge >= 0.3 is 12.3 Å². The van der Waals surface area contributed by atoms with Crippen LogP contribution >= 0.6 is 0 Å². The van der Waals surface area contributed by atoms with Gasteiger partial charge in [0.15, 0.2) is 0 Å². The zero-order valence-electron chi connectivity index (χ0n) is 8.94. The monoisotopic (exact) mass is 259 g/mol. The third-order valence-electron chi connectivity index (χ3n) is 2.08. The van der Waals surface area contributed by atoms with Crippen molar-refractivity contribution >= 4 is 5.97 Å². The first-order valence-corrected chi connectivity index (χ1v) is 4.79. The summed E-state index contributed by atoms with van der Waals surface area (Å²) in [6, 6.07) is 6.62. The largest absolute Gasteiger partial charge is 0.573 e. The standard InChI is InChI=1S/C11H8F3NO3/c12-11(13,14)18-9-4-2-1-3-7(9)5-8(6-15)10(16)17/h1-4,8H,5H2,(H,16,17)/t8-/m1/s1. The van der Waals surface area contributed by atoms with E-state index in [9.17, 15) is 18.0 Å². The second-order valence-electron chi connectivity index (χ2n) is 3.38. The summed E-state index contributed by atoms with van der Waals surface area (Å²) >= 11 is 0. The minimum atomic E-state index is -4.86. The molecule has 1 atom stereocenters. The van der Waals surface area contributed by atoms with E-state index in [2.05, 4.69) is 4.74 Å². The minimum absolute atomic E-state index is 0.0174. The van der Waals surface area contributed by atoms with Gasteiger partial charge in [0, 0.05) is 6.42 Å². The maximum atomic E-state index is 12.1. The number of carbonyl (C=O) groups is 1. The summed E-state index contributed by atoms with van der Waals surface area (Å²) in [5.41, 5.74) is 0.0174. The maximum absolute atomic E-state index is 12.1. The van der Waals surface area contributed by atoms with Crippen molar-refractivity contribution in [3.8, 4) is 11.8 Å². The number of nitrogens with zero attached hydrogens (tertiary/aromatic N) is 1. The molecule has 96 valence electrons. The van der Waals surface area contributed by atoms with Crippen LogP contribution in [-0.2, 0) is 11.2 Å². The van der Waals surface area contributed by atoms with Gasteiger partial charge in [-0.1, -0.05) is 18.2 Å². The molecular weight excluding hydrogens is 251 g/mol. The Bertz CT molecular complexity index is 479. The van der Waals surface area contributed by atoms with E-state index in [1.807, 2.05) is 0 Å². The molecule has 0 saturated carbocycles. The van der Waals surface area contributed by atoms with Gasteiger partial charge in [-0.25, -0.2) is 0 Å². The van der Waals surface area contributed by atoms with Crippen LogP contribution in [0.5, 0.6) is 5.75 Å². The molecule has 1 aromatic rings. The number of rotatable bonds is 4. The molecule has 4 nitrogen and oxygen atoms in total. The summed E-state index contributed by atoms with van der Waals surface area (Å²) in [7, 11) is 0. The molecule has 0 heterocycles. The number of carboxylic acids is 1. The van der Waals surface area contributed by atoms with Crippen molar-refractivity contribution < 1.29 is 27.8 Å². The zero-order chi connectivity index (χ0) is 13.8.